The summed E-state index contributed by atoms with van der Waals surface area (Å²) in [4.78, 5) is 12.3. The molecule has 5 nitrogen and oxygen atoms in total. The first-order valence-electron chi connectivity index (χ1n) is 8.82. The molecule has 0 fully saturated rings. The number of allylic oxidation sites excluding steroid dienone is 1. The van der Waals surface area contributed by atoms with E-state index in [1.54, 1.807) is 13.2 Å². The monoisotopic (exact) mass is 365 g/mol. The van der Waals surface area contributed by atoms with Gasteiger partial charge in [0.15, 0.2) is 18.1 Å². The zero-order valence-corrected chi connectivity index (χ0v) is 15.7. The molecule has 1 atom stereocenters. The van der Waals surface area contributed by atoms with Crippen molar-refractivity contribution in [2.45, 2.75) is 19.9 Å². The maximum atomic E-state index is 12.3. The fraction of sp³-hybridized carbons (Fsp3) is 0.227. The zero-order chi connectivity index (χ0) is 19.2. The first kappa shape index (κ1) is 18.6. The lowest BCUT2D eigenvalue weighted by atomic mass is 10.2. The van der Waals surface area contributed by atoms with E-state index in [2.05, 4.69) is 5.32 Å². The van der Waals surface area contributed by atoms with Crippen LogP contribution in [0.5, 0.6) is 11.5 Å². The van der Waals surface area contributed by atoms with E-state index in [1.807, 2.05) is 68.5 Å². The second-order valence-electron chi connectivity index (χ2n) is 6.17. The third kappa shape index (κ3) is 4.50. The summed E-state index contributed by atoms with van der Waals surface area (Å²) in [6.07, 6.45) is 3.91. The van der Waals surface area contributed by atoms with Gasteiger partial charge in [-0.05, 0) is 43.7 Å². The third-order valence-electron chi connectivity index (χ3n) is 4.15. The summed E-state index contributed by atoms with van der Waals surface area (Å²) in [6.45, 7) is 3.72. The van der Waals surface area contributed by atoms with Crippen LogP contribution in [0.4, 0.5) is 0 Å². The van der Waals surface area contributed by atoms with Crippen LogP contribution in [0.15, 0.2) is 59.0 Å². The summed E-state index contributed by atoms with van der Waals surface area (Å²) >= 11 is 0. The van der Waals surface area contributed by atoms with Crippen molar-refractivity contribution in [3.05, 3.63) is 65.9 Å². The van der Waals surface area contributed by atoms with Crippen LogP contribution in [0.1, 0.15) is 31.2 Å². The Morgan fingerprint density at radius 3 is 2.74 bits per heavy atom. The predicted octanol–water partition coefficient (Wildman–Crippen LogP) is 4.73. The van der Waals surface area contributed by atoms with Crippen LogP contribution in [0.2, 0.25) is 0 Å². The van der Waals surface area contributed by atoms with Gasteiger partial charge in [0, 0.05) is 5.39 Å². The summed E-state index contributed by atoms with van der Waals surface area (Å²) in [6, 6.07) is 15.0. The average Bonchev–Trinajstić information content (AvgIpc) is 3.11. The third-order valence-corrected chi connectivity index (χ3v) is 4.15. The number of furan rings is 1. The zero-order valence-electron chi connectivity index (χ0n) is 15.7. The summed E-state index contributed by atoms with van der Waals surface area (Å²) in [7, 11) is 1.57. The summed E-state index contributed by atoms with van der Waals surface area (Å²) in [5.74, 6) is 1.58. The van der Waals surface area contributed by atoms with Crippen LogP contribution < -0.4 is 14.8 Å². The molecular weight excluding hydrogens is 342 g/mol. The normalized spacial score (nSPS) is 12.3. The van der Waals surface area contributed by atoms with Crippen molar-refractivity contribution in [3.8, 4) is 11.5 Å². The largest absolute Gasteiger partial charge is 0.493 e. The summed E-state index contributed by atoms with van der Waals surface area (Å²) in [5.41, 5.74) is 1.81. The van der Waals surface area contributed by atoms with E-state index < -0.39 is 0 Å². The number of para-hydroxylation sites is 1. The Morgan fingerprint density at radius 2 is 2.00 bits per heavy atom. The predicted molar refractivity (Wildman–Crippen MR) is 106 cm³/mol. The lowest BCUT2D eigenvalue weighted by Crippen LogP contribution is -2.31. The maximum Gasteiger partial charge on any atom is 0.258 e. The van der Waals surface area contributed by atoms with Gasteiger partial charge in [0.1, 0.15) is 11.3 Å². The van der Waals surface area contributed by atoms with Crippen LogP contribution in [0.3, 0.4) is 0 Å². The molecule has 1 amide bonds. The van der Waals surface area contributed by atoms with E-state index >= 15 is 0 Å². The highest BCUT2D eigenvalue weighted by molar-refractivity contribution is 5.80. The van der Waals surface area contributed by atoms with Crippen LogP contribution in [0, 0.1) is 0 Å². The molecule has 0 saturated heterocycles. The molecule has 0 unspecified atom stereocenters. The molecule has 3 rings (SSSR count). The van der Waals surface area contributed by atoms with Crippen molar-refractivity contribution in [1.82, 2.24) is 5.32 Å². The number of ether oxygens (including phenoxy) is 2. The fourth-order valence-electron chi connectivity index (χ4n) is 2.81. The Kier molecular flexibility index (Phi) is 5.81. The highest BCUT2D eigenvalue weighted by atomic mass is 16.5. The molecule has 0 radical (unpaired) electrons. The molecule has 3 aromatic rings. The van der Waals surface area contributed by atoms with Crippen LogP contribution in [-0.2, 0) is 4.79 Å². The molecule has 5 heteroatoms. The first-order chi connectivity index (χ1) is 13.1. The van der Waals surface area contributed by atoms with Crippen LogP contribution in [0.25, 0.3) is 17.0 Å². The van der Waals surface area contributed by atoms with Gasteiger partial charge in [-0.15, -0.1) is 0 Å². The van der Waals surface area contributed by atoms with E-state index in [0.29, 0.717) is 17.3 Å². The Hall–Kier alpha value is -3.21. The smallest absolute Gasteiger partial charge is 0.258 e. The number of hydrogen-bond donors (Lipinski definition) is 1. The molecule has 0 spiro atoms. The number of carbonyl (C=O) groups is 1. The topological polar surface area (TPSA) is 60.7 Å². The molecule has 1 heterocycles. The molecule has 1 aromatic heterocycles. The van der Waals surface area contributed by atoms with E-state index in [9.17, 15) is 4.79 Å². The van der Waals surface area contributed by atoms with E-state index in [-0.39, 0.29) is 18.6 Å². The quantitative estimate of drug-likeness (QED) is 0.657. The number of amides is 1. The van der Waals surface area contributed by atoms with Gasteiger partial charge >= 0.3 is 0 Å². The summed E-state index contributed by atoms with van der Waals surface area (Å²) < 4.78 is 16.8. The van der Waals surface area contributed by atoms with E-state index in [0.717, 1.165) is 16.5 Å². The number of benzene rings is 2. The minimum atomic E-state index is -0.257. The molecule has 1 N–H and O–H groups in total. The standard InChI is InChI=1S/C22H23NO4/c1-4-7-16-10-11-19(21(12-16)25-3)26-14-22(24)23-15(2)20-13-17-8-5-6-9-18(17)27-20/h4-13,15H,14H2,1-3H3,(H,23,24)/b7-4+/t15-/m1/s1. The van der Waals surface area contributed by atoms with Crippen molar-refractivity contribution in [2.24, 2.45) is 0 Å². The molecule has 0 aliphatic heterocycles. The minimum Gasteiger partial charge on any atom is -0.493 e. The van der Waals surface area contributed by atoms with E-state index in [4.69, 9.17) is 13.9 Å². The molecule has 0 bridgehead atoms. The maximum absolute atomic E-state index is 12.3. The molecule has 0 saturated carbocycles. The SMILES string of the molecule is C/C=C/c1ccc(OCC(=O)N[C@H](C)c2cc3ccccc3o2)c(OC)c1. The summed E-state index contributed by atoms with van der Waals surface area (Å²) in [5, 5.41) is 3.90. The van der Waals surface area contributed by atoms with Gasteiger partial charge in [0.05, 0.1) is 13.2 Å². The minimum absolute atomic E-state index is 0.107. The van der Waals surface area contributed by atoms with Crippen molar-refractivity contribution >= 4 is 23.0 Å². The van der Waals surface area contributed by atoms with Crippen LogP contribution >= 0.6 is 0 Å². The number of hydrogen-bond acceptors (Lipinski definition) is 4. The van der Waals surface area contributed by atoms with Crippen molar-refractivity contribution in [3.63, 3.8) is 0 Å². The van der Waals surface area contributed by atoms with Crippen LogP contribution in [-0.4, -0.2) is 19.6 Å². The lowest BCUT2D eigenvalue weighted by Gasteiger charge is -2.14. The van der Waals surface area contributed by atoms with Gasteiger partial charge < -0.3 is 19.2 Å². The number of fused-ring (bicyclic) bond motifs is 1. The van der Waals surface area contributed by atoms with Gasteiger partial charge in [-0.2, -0.15) is 0 Å². The second kappa shape index (κ2) is 8.45. The Labute approximate surface area is 158 Å². The molecule has 27 heavy (non-hydrogen) atoms. The van der Waals surface area contributed by atoms with Gasteiger partial charge in [-0.1, -0.05) is 36.4 Å². The fourth-order valence-corrected chi connectivity index (χ4v) is 2.81. The van der Waals surface area contributed by atoms with Crippen molar-refractivity contribution in [1.29, 1.82) is 0 Å². The van der Waals surface area contributed by atoms with Crippen molar-refractivity contribution < 1.29 is 18.7 Å². The number of carbonyl (C=O) groups excluding carboxylic acids is 1. The molecule has 0 aliphatic carbocycles. The van der Waals surface area contributed by atoms with Crippen molar-refractivity contribution in [2.75, 3.05) is 13.7 Å². The number of nitrogens with one attached hydrogen (secondary N) is 1. The van der Waals surface area contributed by atoms with E-state index in [1.165, 1.54) is 0 Å². The number of methoxy groups -OCH3 is 1. The molecular formula is C22H23NO4. The van der Waals surface area contributed by atoms with Gasteiger partial charge in [0.25, 0.3) is 5.91 Å². The lowest BCUT2D eigenvalue weighted by molar-refractivity contribution is -0.123. The Balaban J connectivity index is 1.60. The van der Waals surface area contributed by atoms with Gasteiger partial charge in [0.2, 0.25) is 0 Å². The Morgan fingerprint density at radius 1 is 1.19 bits per heavy atom. The Bertz CT molecular complexity index is 925. The number of rotatable bonds is 7. The molecule has 2 aromatic carbocycles. The molecule has 140 valence electrons. The highest BCUT2D eigenvalue weighted by Crippen LogP contribution is 2.28. The second-order valence-corrected chi connectivity index (χ2v) is 6.17. The van der Waals surface area contributed by atoms with Gasteiger partial charge in [-0.25, -0.2) is 0 Å². The average molecular weight is 365 g/mol. The molecule has 0 aliphatic rings. The highest BCUT2D eigenvalue weighted by Gasteiger charge is 2.15. The first-order valence-corrected chi connectivity index (χ1v) is 8.82. The van der Waals surface area contributed by atoms with Gasteiger partial charge in [-0.3, -0.25) is 4.79 Å².